The molecule has 6 heteroatoms. The van der Waals surface area contributed by atoms with Gasteiger partial charge < -0.3 is 10.1 Å². The summed E-state index contributed by atoms with van der Waals surface area (Å²) >= 11 is 12.1. The molecule has 0 aromatic heterocycles. The van der Waals surface area contributed by atoms with E-state index in [2.05, 4.69) is 5.32 Å². The monoisotopic (exact) mass is 473 g/mol. The van der Waals surface area contributed by atoms with Crippen molar-refractivity contribution >= 4 is 29.1 Å². The van der Waals surface area contributed by atoms with Crippen molar-refractivity contribution in [3.63, 3.8) is 0 Å². The molecule has 3 aromatic carbocycles. The van der Waals surface area contributed by atoms with Crippen molar-refractivity contribution in [2.24, 2.45) is 0 Å². The highest BCUT2D eigenvalue weighted by Crippen LogP contribution is 2.28. The molecule has 32 heavy (non-hydrogen) atoms. The van der Waals surface area contributed by atoms with Gasteiger partial charge in [0.05, 0.1) is 0 Å². The fourth-order valence-corrected chi connectivity index (χ4v) is 3.74. The molecule has 0 aliphatic heterocycles. The first kappa shape index (κ1) is 24.1. The highest BCUT2D eigenvalue weighted by Gasteiger charge is 2.33. The van der Waals surface area contributed by atoms with Gasteiger partial charge in [-0.3, -0.25) is 4.79 Å². The third kappa shape index (κ3) is 6.47. The Bertz CT molecular complexity index is 1030. The molecule has 2 unspecified atom stereocenters. The van der Waals surface area contributed by atoms with E-state index in [1.165, 1.54) is 24.3 Å². The zero-order valence-corrected chi connectivity index (χ0v) is 19.8. The summed E-state index contributed by atoms with van der Waals surface area (Å²) in [6.45, 7) is 5.35. The summed E-state index contributed by atoms with van der Waals surface area (Å²) in [4.78, 5) is 13.1. The first-order valence-corrected chi connectivity index (χ1v) is 11.1. The van der Waals surface area contributed by atoms with Gasteiger partial charge in [0.15, 0.2) is 5.60 Å². The number of halogens is 3. The second-order valence-corrected chi connectivity index (χ2v) is 9.19. The van der Waals surface area contributed by atoms with Crippen LogP contribution in [0.2, 0.25) is 10.0 Å². The van der Waals surface area contributed by atoms with Gasteiger partial charge in [0.1, 0.15) is 11.6 Å². The van der Waals surface area contributed by atoms with Gasteiger partial charge in [0.25, 0.3) is 5.91 Å². The Morgan fingerprint density at radius 2 is 1.47 bits per heavy atom. The van der Waals surface area contributed by atoms with E-state index in [9.17, 15) is 9.18 Å². The standard InChI is InChI=1S/C26H26Cl2FNO2/c1-17(30-25(31)26(2,3)32-23-14-12-22(29)13-15-23)24(19-6-10-21(28)11-7-19)16-18-4-8-20(27)9-5-18/h4-15,17,24H,16H2,1-3H3,(H,30,31). The minimum Gasteiger partial charge on any atom is -0.478 e. The van der Waals surface area contributed by atoms with E-state index in [4.69, 9.17) is 27.9 Å². The molecule has 0 spiro atoms. The Labute approximate surface area is 198 Å². The maximum absolute atomic E-state index is 13.2. The Morgan fingerprint density at radius 3 is 2.03 bits per heavy atom. The second-order valence-electron chi connectivity index (χ2n) is 8.32. The van der Waals surface area contributed by atoms with Gasteiger partial charge in [-0.2, -0.15) is 0 Å². The molecule has 0 aliphatic carbocycles. The quantitative estimate of drug-likeness (QED) is 0.389. The first-order chi connectivity index (χ1) is 15.1. The number of hydrogen-bond acceptors (Lipinski definition) is 2. The maximum Gasteiger partial charge on any atom is 0.263 e. The van der Waals surface area contributed by atoms with Crippen molar-refractivity contribution in [1.82, 2.24) is 5.32 Å². The number of hydrogen-bond donors (Lipinski definition) is 1. The van der Waals surface area contributed by atoms with E-state index in [0.717, 1.165) is 11.1 Å². The summed E-state index contributed by atoms with van der Waals surface area (Å²) in [6.07, 6.45) is 0.708. The third-order valence-electron chi connectivity index (χ3n) is 5.36. The molecule has 3 nitrogen and oxygen atoms in total. The van der Waals surface area contributed by atoms with Gasteiger partial charge in [-0.05, 0) is 86.8 Å². The maximum atomic E-state index is 13.2. The van der Waals surface area contributed by atoms with Crippen LogP contribution in [0, 0.1) is 5.82 Å². The van der Waals surface area contributed by atoms with Gasteiger partial charge in [0, 0.05) is 22.0 Å². The zero-order valence-electron chi connectivity index (χ0n) is 18.2. The van der Waals surface area contributed by atoms with Crippen molar-refractivity contribution in [2.75, 3.05) is 0 Å². The van der Waals surface area contributed by atoms with Crippen LogP contribution in [0.5, 0.6) is 5.75 Å². The molecule has 0 saturated heterocycles. The summed E-state index contributed by atoms with van der Waals surface area (Å²) in [5.74, 6) is -0.195. The molecule has 2 atom stereocenters. The van der Waals surface area contributed by atoms with Crippen molar-refractivity contribution in [3.8, 4) is 5.75 Å². The molecule has 0 saturated carbocycles. The first-order valence-electron chi connectivity index (χ1n) is 10.4. The van der Waals surface area contributed by atoms with Crippen LogP contribution in [-0.2, 0) is 11.2 Å². The molecule has 168 valence electrons. The molecule has 3 rings (SSSR count). The number of nitrogens with one attached hydrogen (secondary N) is 1. The fourth-order valence-electron chi connectivity index (χ4n) is 3.49. The normalized spacial score (nSPS) is 13.3. The number of rotatable bonds is 8. The van der Waals surface area contributed by atoms with Crippen molar-refractivity contribution in [3.05, 3.63) is 99.8 Å². The van der Waals surface area contributed by atoms with Crippen LogP contribution in [0.25, 0.3) is 0 Å². The topological polar surface area (TPSA) is 38.3 Å². The second kappa shape index (κ2) is 10.4. The minimum atomic E-state index is -1.14. The predicted molar refractivity (Wildman–Crippen MR) is 128 cm³/mol. The molecular formula is C26H26Cl2FNO2. The van der Waals surface area contributed by atoms with Crippen molar-refractivity contribution < 1.29 is 13.9 Å². The van der Waals surface area contributed by atoms with Crippen LogP contribution < -0.4 is 10.1 Å². The van der Waals surface area contributed by atoms with Gasteiger partial charge >= 0.3 is 0 Å². The summed E-state index contributed by atoms with van der Waals surface area (Å²) in [6, 6.07) is 20.8. The Kier molecular flexibility index (Phi) is 7.81. The lowest BCUT2D eigenvalue weighted by molar-refractivity contribution is -0.135. The predicted octanol–water partition coefficient (Wildman–Crippen LogP) is 6.82. The molecule has 0 aliphatic rings. The van der Waals surface area contributed by atoms with Gasteiger partial charge in [-0.1, -0.05) is 47.5 Å². The Morgan fingerprint density at radius 1 is 0.938 bits per heavy atom. The number of carbonyl (C=O) groups is 1. The van der Waals surface area contributed by atoms with Gasteiger partial charge in [-0.25, -0.2) is 4.39 Å². The van der Waals surface area contributed by atoms with Crippen LogP contribution in [0.1, 0.15) is 37.8 Å². The third-order valence-corrected chi connectivity index (χ3v) is 5.87. The summed E-state index contributed by atoms with van der Waals surface area (Å²) in [5, 5.41) is 4.44. The van der Waals surface area contributed by atoms with Crippen molar-refractivity contribution in [1.29, 1.82) is 0 Å². The van der Waals surface area contributed by atoms with Crippen LogP contribution in [-0.4, -0.2) is 17.6 Å². The summed E-state index contributed by atoms with van der Waals surface area (Å²) in [7, 11) is 0. The molecule has 0 heterocycles. The van der Waals surface area contributed by atoms with Crippen LogP contribution >= 0.6 is 23.2 Å². The molecule has 1 amide bonds. The lowest BCUT2D eigenvalue weighted by Crippen LogP contribution is -2.51. The molecule has 0 fully saturated rings. The molecule has 0 radical (unpaired) electrons. The van der Waals surface area contributed by atoms with E-state index < -0.39 is 5.60 Å². The fraction of sp³-hybridized carbons (Fsp3) is 0.269. The van der Waals surface area contributed by atoms with E-state index in [0.29, 0.717) is 22.2 Å². The smallest absolute Gasteiger partial charge is 0.263 e. The SMILES string of the molecule is CC(NC(=O)C(C)(C)Oc1ccc(F)cc1)C(Cc1ccc(Cl)cc1)c1ccc(Cl)cc1. The number of carbonyl (C=O) groups excluding carboxylic acids is 1. The van der Waals surface area contributed by atoms with Crippen LogP contribution in [0.4, 0.5) is 4.39 Å². The van der Waals surface area contributed by atoms with Crippen LogP contribution in [0.15, 0.2) is 72.8 Å². The Hall–Kier alpha value is -2.56. The number of ether oxygens (including phenoxy) is 1. The number of amides is 1. The Balaban J connectivity index is 1.77. The van der Waals surface area contributed by atoms with E-state index in [-0.39, 0.29) is 23.7 Å². The van der Waals surface area contributed by atoms with E-state index >= 15 is 0 Å². The lowest BCUT2D eigenvalue weighted by Gasteiger charge is -2.31. The van der Waals surface area contributed by atoms with E-state index in [1.54, 1.807) is 13.8 Å². The average molecular weight is 474 g/mol. The van der Waals surface area contributed by atoms with Crippen molar-refractivity contribution in [2.45, 2.75) is 44.8 Å². The van der Waals surface area contributed by atoms with E-state index in [1.807, 2.05) is 55.5 Å². The lowest BCUT2D eigenvalue weighted by atomic mass is 9.86. The average Bonchev–Trinajstić information content (AvgIpc) is 2.75. The highest BCUT2D eigenvalue weighted by atomic mass is 35.5. The van der Waals surface area contributed by atoms with Gasteiger partial charge in [-0.15, -0.1) is 0 Å². The summed E-state index contributed by atoms with van der Waals surface area (Å²) < 4.78 is 19.0. The largest absolute Gasteiger partial charge is 0.478 e. The molecule has 3 aromatic rings. The number of benzene rings is 3. The minimum absolute atomic E-state index is 0.000914. The molecule has 1 N–H and O–H groups in total. The van der Waals surface area contributed by atoms with Gasteiger partial charge in [0.2, 0.25) is 0 Å². The summed E-state index contributed by atoms with van der Waals surface area (Å²) in [5.41, 5.74) is 1.03. The molecular weight excluding hydrogens is 448 g/mol. The zero-order chi connectivity index (χ0) is 23.3. The molecule has 0 bridgehead atoms. The van der Waals surface area contributed by atoms with Crippen LogP contribution in [0.3, 0.4) is 0 Å². The highest BCUT2D eigenvalue weighted by molar-refractivity contribution is 6.30.